The van der Waals surface area contributed by atoms with Crippen LogP contribution in [0.3, 0.4) is 0 Å². The lowest BCUT2D eigenvalue weighted by Crippen LogP contribution is -2.20. The average Bonchev–Trinajstić information content (AvgIpc) is 2.73. The van der Waals surface area contributed by atoms with Crippen LogP contribution in [-0.2, 0) is 11.3 Å². The Morgan fingerprint density at radius 3 is 2.45 bits per heavy atom. The number of aryl methyl sites for hydroxylation is 2. The van der Waals surface area contributed by atoms with Crippen LogP contribution in [0.5, 0.6) is 5.75 Å². The standard InChI is InChI=1S/C16H20N2O2/c1-4-20-15-8-6-5-7-14(15)17-16(19)11-18-12(2)9-10-13(18)3/h5-10H,4,11H2,1-3H3,(H,17,19). The van der Waals surface area contributed by atoms with E-state index in [-0.39, 0.29) is 5.91 Å². The molecule has 0 saturated carbocycles. The summed E-state index contributed by atoms with van der Waals surface area (Å²) < 4.78 is 7.48. The van der Waals surface area contributed by atoms with Crippen molar-refractivity contribution in [3.05, 3.63) is 47.8 Å². The van der Waals surface area contributed by atoms with E-state index in [1.54, 1.807) is 0 Å². The van der Waals surface area contributed by atoms with E-state index >= 15 is 0 Å². The summed E-state index contributed by atoms with van der Waals surface area (Å²) in [5.74, 6) is 0.642. The van der Waals surface area contributed by atoms with Gasteiger partial charge in [-0.1, -0.05) is 12.1 Å². The maximum atomic E-state index is 12.2. The van der Waals surface area contributed by atoms with Gasteiger partial charge in [-0.25, -0.2) is 0 Å². The Hall–Kier alpha value is -2.23. The molecule has 4 heteroatoms. The van der Waals surface area contributed by atoms with Crippen LogP contribution in [0.1, 0.15) is 18.3 Å². The van der Waals surface area contributed by atoms with Crippen molar-refractivity contribution in [3.63, 3.8) is 0 Å². The zero-order chi connectivity index (χ0) is 14.5. The number of benzene rings is 1. The largest absolute Gasteiger partial charge is 0.492 e. The van der Waals surface area contributed by atoms with Crippen LogP contribution in [0.15, 0.2) is 36.4 Å². The van der Waals surface area contributed by atoms with Gasteiger partial charge in [0.2, 0.25) is 5.91 Å². The molecule has 20 heavy (non-hydrogen) atoms. The quantitative estimate of drug-likeness (QED) is 0.908. The van der Waals surface area contributed by atoms with Gasteiger partial charge in [-0.3, -0.25) is 4.79 Å². The van der Waals surface area contributed by atoms with Gasteiger partial charge in [-0.05, 0) is 45.0 Å². The molecule has 0 aliphatic heterocycles. The summed E-state index contributed by atoms with van der Waals surface area (Å²) in [6, 6.07) is 11.5. The van der Waals surface area contributed by atoms with Crippen molar-refractivity contribution in [2.24, 2.45) is 0 Å². The molecule has 0 aliphatic carbocycles. The number of rotatable bonds is 5. The third-order valence-electron chi connectivity index (χ3n) is 3.18. The smallest absolute Gasteiger partial charge is 0.244 e. The van der Waals surface area contributed by atoms with Crippen LogP contribution in [0.2, 0.25) is 0 Å². The van der Waals surface area contributed by atoms with Crippen LogP contribution in [0, 0.1) is 13.8 Å². The van der Waals surface area contributed by atoms with E-state index in [4.69, 9.17) is 4.74 Å². The van der Waals surface area contributed by atoms with E-state index in [0.29, 0.717) is 24.6 Å². The summed E-state index contributed by atoms with van der Waals surface area (Å²) >= 11 is 0. The number of hydrogen-bond donors (Lipinski definition) is 1. The summed E-state index contributed by atoms with van der Waals surface area (Å²) in [5, 5.41) is 2.90. The van der Waals surface area contributed by atoms with Crippen LogP contribution >= 0.6 is 0 Å². The van der Waals surface area contributed by atoms with Crippen LogP contribution in [-0.4, -0.2) is 17.1 Å². The Balaban J connectivity index is 2.09. The SMILES string of the molecule is CCOc1ccccc1NC(=O)Cn1c(C)ccc1C. The molecule has 1 aromatic carbocycles. The number of carbonyl (C=O) groups is 1. The average molecular weight is 272 g/mol. The number of carbonyl (C=O) groups excluding carboxylic acids is 1. The van der Waals surface area contributed by atoms with E-state index in [0.717, 1.165) is 11.4 Å². The molecule has 1 amide bonds. The van der Waals surface area contributed by atoms with E-state index < -0.39 is 0 Å². The maximum Gasteiger partial charge on any atom is 0.244 e. The fourth-order valence-electron chi connectivity index (χ4n) is 2.13. The van der Waals surface area contributed by atoms with Crippen molar-refractivity contribution in [1.82, 2.24) is 4.57 Å². The number of amides is 1. The van der Waals surface area contributed by atoms with Gasteiger partial charge < -0.3 is 14.6 Å². The lowest BCUT2D eigenvalue weighted by molar-refractivity contribution is -0.116. The minimum Gasteiger partial charge on any atom is -0.492 e. The van der Waals surface area contributed by atoms with Crippen LogP contribution in [0.4, 0.5) is 5.69 Å². The molecule has 0 spiro atoms. The number of ether oxygens (including phenoxy) is 1. The van der Waals surface area contributed by atoms with Gasteiger partial charge in [0.1, 0.15) is 12.3 Å². The third kappa shape index (κ3) is 3.20. The summed E-state index contributed by atoms with van der Waals surface area (Å²) in [7, 11) is 0. The van der Waals surface area contributed by atoms with Crippen molar-refractivity contribution in [2.45, 2.75) is 27.3 Å². The van der Waals surface area contributed by atoms with E-state index in [1.807, 2.05) is 61.7 Å². The first-order chi connectivity index (χ1) is 9.61. The van der Waals surface area contributed by atoms with E-state index in [2.05, 4.69) is 5.32 Å². The monoisotopic (exact) mass is 272 g/mol. The van der Waals surface area contributed by atoms with Crippen molar-refractivity contribution in [1.29, 1.82) is 0 Å². The van der Waals surface area contributed by atoms with Crippen LogP contribution in [0.25, 0.3) is 0 Å². The Bertz CT molecular complexity index is 583. The number of aromatic nitrogens is 1. The molecule has 0 radical (unpaired) electrons. The molecule has 2 aromatic rings. The molecular formula is C16H20N2O2. The number of nitrogens with one attached hydrogen (secondary N) is 1. The molecule has 0 atom stereocenters. The summed E-state index contributed by atoms with van der Waals surface area (Å²) in [6.07, 6.45) is 0. The lowest BCUT2D eigenvalue weighted by atomic mass is 10.3. The molecule has 2 rings (SSSR count). The topological polar surface area (TPSA) is 43.3 Å². The molecule has 1 aromatic heterocycles. The second kappa shape index (κ2) is 6.28. The van der Waals surface area contributed by atoms with Gasteiger partial charge in [-0.15, -0.1) is 0 Å². The highest BCUT2D eigenvalue weighted by atomic mass is 16.5. The number of anilines is 1. The Labute approximate surface area is 119 Å². The fraction of sp³-hybridized carbons (Fsp3) is 0.312. The summed E-state index contributed by atoms with van der Waals surface area (Å²) in [6.45, 7) is 6.79. The molecule has 0 aliphatic rings. The lowest BCUT2D eigenvalue weighted by Gasteiger charge is -2.13. The van der Waals surface area contributed by atoms with Gasteiger partial charge in [0.15, 0.2) is 0 Å². The normalized spacial score (nSPS) is 10.3. The molecular weight excluding hydrogens is 252 g/mol. The molecule has 106 valence electrons. The second-order valence-electron chi connectivity index (χ2n) is 4.68. The first-order valence-corrected chi connectivity index (χ1v) is 6.76. The summed E-state index contributed by atoms with van der Waals surface area (Å²) in [4.78, 5) is 12.2. The molecule has 0 saturated heterocycles. The van der Waals surface area contributed by atoms with Gasteiger partial charge in [0.25, 0.3) is 0 Å². The number of para-hydroxylation sites is 2. The maximum absolute atomic E-state index is 12.2. The number of nitrogens with zero attached hydrogens (tertiary/aromatic N) is 1. The highest BCUT2D eigenvalue weighted by Gasteiger charge is 2.10. The van der Waals surface area contributed by atoms with Gasteiger partial charge in [0.05, 0.1) is 12.3 Å². The van der Waals surface area contributed by atoms with E-state index in [1.165, 1.54) is 0 Å². The van der Waals surface area contributed by atoms with Gasteiger partial charge in [0, 0.05) is 11.4 Å². The predicted molar refractivity (Wildman–Crippen MR) is 80.1 cm³/mol. The summed E-state index contributed by atoms with van der Waals surface area (Å²) in [5.41, 5.74) is 2.87. The van der Waals surface area contributed by atoms with E-state index in [9.17, 15) is 4.79 Å². The number of hydrogen-bond acceptors (Lipinski definition) is 2. The van der Waals surface area contributed by atoms with Crippen molar-refractivity contribution in [2.75, 3.05) is 11.9 Å². The Morgan fingerprint density at radius 1 is 1.15 bits per heavy atom. The highest BCUT2D eigenvalue weighted by molar-refractivity contribution is 5.92. The fourth-order valence-corrected chi connectivity index (χ4v) is 2.13. The Morgan fingerprint density at radius 2 is 1.80 bits per heavy atom. The first kappa shape index (κ1) is 14.2. The van der Waals surface area contributed by atoms with Crippen molar-refractivity contribution >= 4 is 11.6 Å². The first-order valence-electron chi connectivity index (χ1n) is 6.76. The van der Waals surface area contributed by atoms with Crippen LogP contribution < -0.4 is 10.1 Å². The molecule has 1 heterocycles. The highest BCUT2D eigenvalue weighted by Crippen LogP contribution is 2.23. The molecule has 1 N–H and O–H groups in total. The molecule has 0 unspecified atom stereocenters. The minimum absolute atomic E-state index is 0.0560. The van der Waals surface area contributed by atoms with Gasteiger partial charge in [-0.2, -0.15) is 0 Å². The molecule has 4 nitrogen and oxygen atoms in total. The predicted octanol–water partition coefficient (Wildman–Crippen LogP) is 3.14. The zero-order valence-electron chi connectivity index (χ0n) is 12.1. The van der Waals surface area contributed by atoms with Crippen molar-refractivity contribution < 1.29 is 9.53 Å². The second-order valence-corrected chi connectivity index (χ2v) is 4.68. The minimum atomic E-state index is -0.0560. The molecule has 0 bridgehead atoms. The molecule has 0 fully saturated rings. The van der Waals surface area contributed by atoms with Crippen molar-refractivity contribution in [3.8, 4) is 5.75 Å². The Kier molecular flexibility index (Phi) is 4.45. The van der Waals surface area contributed by atoms with Gasteiger partial charge >= 0.3 is 0 Å². The zero-order valence-corrected chi connectivity index (χ0v) is 12.1. The third-order valence-corrected chi connectivity index (χ3v) is 3.18.